The molecule has 110 valence electrons. The normalized spacial score (nSPS) is 15.8. The number of anilines is 1. The molecule has 20 heavy (non-hydrogen) atoms. The Hall–Kier alpha value is -1.65. The highest BCUT2D eigenvalue weighted by atomic mass is 16.2. The maximum absolute atomic E-state index is 12.4. The first kappa shape index (κ1) is 14.8. The highest BCUT2D eigenvalue weighted by molar-refractivity contribution is 5.93. The first-order valence-corrected chi connectivity index (χ1v) is 7.62. The molecule has 2 rings (SSSR count). The molecule has 1 aromatic rings. The molecule has 1 aromatic heterocycles. The molecule has 0 atom stereocenters. The van der Waals surface area contributed by atoms with E-state index in [1.54, 1.807) is 12.4 Å². The lowest BCUT2D eigenvalue weighted by molar-refractivity contribution is 0.0761. The number of hydrogen-bond acceptors (Lipinski definition) is 4. The van der Waals surface area contributed by atoms with E-state index in [1.807, 2.05) is 4.90 Å². The number of amides is 1. The first-order valence-electron chi connectivity index (χ1n) is 7.62. The van der Waals surface area contributed by atoms with Crippen LogP contribution < -0.4 is 4.90 Å². The summed E-state index contributed by atoms with van der Waals surface area (Å²) in [5.41, 5.74) is 0.600. The zero-order valence-corrected chi connectivity index (χ0v) is 12.5. The number of aromatic nitrogens is 2. The van der Waals surface area contributed by atoms with Gasteiger partial charge in [-0.3, -0.25) is 4.79 Å². The Morgan fingerprint density at radius 2 is 1.65 bits per heavy atom. The van der Waals surface area contributed by atoms with Crippen molar-refractivity contribution in [3.63, 3.8) is 0 Å². The van der Waals surface area contributed by atoms with Crippen LogP contribution in [-0.2, 0) is 0 Å². The molecule has 0 unspecified atom stereocenters. The van der Waals surface area contributed by atoms with Gasteiger partial charge in [-0.25, -0.2) is 9.97 Å². The predicted molar refractivity (Wildman–Crippen MR) is 80.0 cm³/mol. The number of hydrogen-bond donors (Lipinski definition) is 0. The molecule has 0 aromatic carbocycles. The van der Waals surface area contributed by atoms with E-state index in [4.69, 9.17) is 0 Å². The third-order valence-corrected chi connectivity index (χ3v) is 3.82. The second-order valence-electron chi connectivity index (χ2n) is 5.15. The molecule has 2 heterocycles. The van der Waals surface area contributed by atoms with E-state index in [0.717, 1.165) is 39.0 Å². The lowest BCUT2D eigenvalue weighted by atomic mass is 10.2. The largest absolute Gasteiger partial charge is 0.341 e. The van der Waals surface area contributed by atoms with Crippen LogP contribution in [0.15, 0.2) is 12.4 Å². The van der Waals surface area contributed by atoms with Crippen molar-refractivity contribution in [3.8, 4) is 0 Å². The minimum atomic E-state index is 0.0676. The van der Waals surface area contributed by atoms with E-state index in [2.05, 4.69) is 28.7 Å². The van der Waals surface area contributed by atoms with Crippen LogP contribution in [0, 0.1) is 0 Å². The number of carbonyl (C=O) groups excluding carboxylic acids is 1. The van der Waals surface area contributed by atoms with Gasteiger partial charge in [0, 0.05) is 38.6 Å². The average Bonchev–Trinajstić information content (AvgIpc) is 2.77. The van der Waals surface area contributed by atoms with Crippen molar-refractivity contribution in [2.45, 2.75) is 39.5 Å². The number of rotatable bonds is 4. The van der Waals surface area contributed by atoms with E-state index in [0.29, 0.717) is 11.5 Å². The topological polar surface area (TPSA) is 49.3 Å². The SMILES string of the molecule is CCN(CC)c1ncc(C(=O)N2CCCCCC2)cn1. The quantitative estimate of drug-likeness (QED) is 0.847. The highest BCUT2D eigenvalue weighted by Gasteiger charge is 2.18. The van der Waals surface area contributed by atoms with Gasteiger partial charge in [0.15, 0.2) is 0 Å². The van der Waals surface area contributed by atoms with Crippen molar-refractivity contribution in [2.75, 3.05) is 31.1 Å². The van der Waals surface area contributed by atoms with Gasteiger partial charge in [0.2, 0.25) is 5.95 Å². The van der Waals surface area contributed by atoms with E-state index < -0.39 is 0 Å². The Labute approximate surface area is 121 Å². The molecular formula is C15H24N4O. The second kappa shape index (κ2) is 7.22. The summed E-state index contributed by atoms with van der Waals surface area (Å²) in [4.78, 5) is 25.1. The fraction of sp³-hybridized carbons (Fsp3) is 0.667. The molecule has 0 spiro atoms. The highest BCUT2D eigenvalue weighted by Crippen LogP contribution is 2.13. The van der Waals surface area contributed by atoms with E-state index in [9.17, 15) is 4.79 Å². The van der Waals surface area contributed by atoms with Crippen molar-refractivity contribution in [3.05, 3.63) is 18.0 Å². The lowest BCUT2D eigenvalue weighted by Crippen LogP contribution is -2.32. The predicted octanol–water partition coefficient (Wildman–Crippen LogP) is 2.34. The van der Waals surface area contributed by atoms with Crippen molar-refractivity contribution < 1.29 is 4.79 Å². The zero-order valence-electron chi connectivity index (χ0n) is 12.5. The van der Waals surface area contributed by atoms with E-state index in [-0.39, 0.29) is 5.91 Å². The van der Waals surface area contributed by atoms with Gasteiger partial charge < -0.3 is 9.80 Å². The Kier molecular flexibility index (Phi) is 5.32. The molecule has 0 N–H and O–H groups in total. The minimum absolute atomic E-state index is 0.0676. The van der Waals surface area contributed by atoms with Crippen LogP contribution >= 0.6 is 0 Å². The molecule has 1 aliphatic heterocycles. The van der Waals surface area contributed by atoms with Crippen LogP contribution in [-0.4, -0.2) is 47.0 Å². The molecule has 1 fully saturated rings. The summed E-state index contributed by atoms with van der Waals surface area (Å²) in [5.74, 6) is 0.764. The first-order chi connectivity index (χ1) is 9.76. The fourth-order valence-corrected chi connectivity index (χ4v) is 2.56. The van der Waals surface area contributed by atoms with Gasteiger partial charge in [-0.05, 0) is 26.7 Å². The molecular weight excluding hydrogens is 252 g/mol. The second-order valence-corrected chi connectivity index (χ2v) is 5.15. The monoisotopic (exact) mass is 276 g/mol. The minimum Gasteiger partial charge on any atom is -0.341 e. The summed E-state index contributed by atoms with van der Waals surface area (Å²) in [7, 11) is 0. The van der Waals surface area contributed by atoms with Gasteiger partial charge in [0.05, 0.1) is 5.56 Å². The van der Waals surface area contributed by atoms with Crippen molar-refractivity contribution in [1.29, 1.82) is 0 Å². The van der Waals surface area contributed by atoms with Gasteiger partial charge >= 0.3 is 0 Å². The van der Waals surface area contributed by atoms with Gasteiger partial charge in [-0.1, -0.05) is 12.8 Å². The zero-order chi connectivity index (χ0) is 14.4. The molecule has 1 amide bonds. The smallest absolute Gasteiger partial charge is 0.256 e. The third-order valence-electron chi connectivity index (χ3n) is 3.82. The van der Waals surface area contributed by atoms with Gasteiger partial charge in [0.25, 0.3) is 5.91 Å². The van der Waals surface area contributed by atoms with Crippen LogP contribution in [0.3, 0.4) is 0 Å². The summed E-state index contributed by atoms with van der Waals surface area (Å²) in [6.45, 7) is 7.60. The fourth-order valence-electron chi connectivity index (χ4n) is 2.56. The molecule has 5 heteroatoms. The summed E-state index contributed by atoms with van der Waals surface area (Å²) in [6, 6.07) is 0. The maximum atomic E-state index is 12.4. The van der Waals surface area contributed by atoms with Crippen molar-refractivity contribution in [1.82, 2.24) is 14.9 Å². The summed E-state index contributed by atoms with van der Waals surface area (Å²) >= 11 is 0. The van der Waals surface area contributed by atoms with Crippen molar-refractivity contribution in [2.24, 2.45) is 0 Å². The summed E-state index contributed by atoms with van der Waals surface area (Å²) < 4.78 is 0. The Morgan fingerprint density at radius 1 is 1.10 bits per heavy atom. The molecule has 0 saturated carbocycles. The molecule has 0 aliphatic carbocycles. The summed E-state index contributed by atoms with van der Waals surface area (Å²) in [6.07, 6.45) is 7.97. The Bertz CT molecular complexity index is 420. The molecule has 5 nitrogen and oxygen atoms in total. The van der Waals surface area contributed by atoms with Crippen LogP contribution in [0.25, 0.3) is 0 Å². The van der Waals surface area contributed by atoms with Crippen LogP contribution in [0.1, 0.15) is 49.9 Å². The summed E-state index contributed by atoms with van der Waals surface area (Å²) in [5, 5.41) is 0. The molecule has 0 bridgehead atoms. The average molecular weight is 276 g/mol. The molecule has 1 saturated heterocycles. The van der Waals surface area contributed by atoms with Crippen molar-refractivity contribution >= 4 is 11.9 Å². The van der Waals surface area contributed by atoms with Gasteiger partial charge in [-0.15, -0.1) is 0 Å². The van der Waals surface area contributed by atoms with E-state index in [1.165, 1.54) is 12.8 Å². The van der Waals surface area contributed by atoms with Crippen LogP contribution in [0.5, 0.6) is 0 Å². The maximum Gasteiger partial charge on any atom is 0.256 e. The number of likely N-dealkylation sites (tertiary alicyclic amines) is 1. The van der Waals surface area contributed by atoms with Gasteiger partial charge in [-0.2, -0.15) is 0 Å². The van der Waals surface area contributed by atoms with Crippen LogP contribution in [0.4, 0.5) is 5.95 Å². The standard InChI is InChI=1S/C15H24N4O/c1-3-18(4-2)15-16-11-13(12-17-15)14(20)19-9-7-5-6-8-10-19/h11-12H,3-10H2,1-2H3. The van der Waals surface area contributed by atoms with Crippen LogP contribution in [0.2, 0.25) is 0 Å². The molecule has 0 radical (unpaired) electrons. The Morgan fingerprint density at radius 3 is 2.15 bits per heavy atom. The molecule has 1 aliphatic rings. The number of carbonyl (C=O) groups is 1. The van der Waals surface area contributed by atoms with Gasteiger partial charge in [0.1, 0.15) is 0 Å². The van der Waals surface area contributed by atoms with E-state index >= 15 is 0 Å². The third kappa shape index (κ3) is 3.46. The lowest BCUT2D eigenvalue weighted by Gasteiger charge is -2.21. The Balaban J connectivity index is 2.06. The number of nitrogens with zero attached hydrogens (tertiary/aromatic N) is 4.